The van der Waals surface area contributed by atoms with Crippen molar-refractivity contribution in [1.82, 2.24) is 20.5 Å². The van der Waals surface area contributed by atoms with Crippen LogP contribution in [0.4, 0.5) is 21.5 Å². The number of halogens is 1. The van der Waals surface area contributed by atoms with E-state index in [4.69, 9.17) is 5.73 Å². The molecule has 1 aliphatic heterocycles. The number of carbonyl (C=O) groups excluding carboxylic acids is 5. The summed E-state index contributed by atoms with van der Waals surface area (Å²) in [5.41, 5.74) is 10.9. The maximum Gasteiger partial charge on any atom is 0.255 e. The van der Waals surface area contributed by atoms with E-state index in [0.29, 0.717) is 24.1 Å². The number of aliphatic hydroxyl groups is 1. The highest BCUT2D eigenvalue weighted by molar-refractivity contribution is 7.13. The molecule has 0 bridgehead atoms. The molecule has 2 heterocycles. The number of amides is 5. The zero-order chi connectivity index (χ0) is 41.4. The first kappa shape index (κ1) is 42.5. The first-order chi connectivity index (χ1) is 27.0. The summed E-state index contributed by atoms with van der Waals surface area (Å²) in [6.07, 6.45) is 0.173. The fourth-order valence-corrected chi connectivity index (χ4v) is 7.40. The lowest BCUT2D eigenvalue weighted by atomic mass is 9.85. The van der Waals surface area contributed by atoms with Crippen LogP contribution in [0.2, 0.25) is 0 Å². The molecule has 13 nitrogen and oxygen atoms in total. The van der Waals surface area contributed by atoms with Crippen LogP contribution in [0.1, 0.15) is 87.5 Å². The van der Waals surface area contributed by atoms with Crippen molar-refractivity contribution in [3.8, 4) is 10.4 Å². The third-order valence-corrected chi connectivity index (χ3v) is 10.8. The molecule has 5 amide bonds. The molecule has 1 fully saturated rings. The third kappa shape index (κ3) is 11.2. The second-order valence-corrected chi connectivity index (χ2v) is 16.3. The van der Waals surface area contributed by atoms with Crippen molar-refractivity contribution in [2.45, 2.75) is 91.0 Å². The monoisotopic (exact) mass is 799 g/mol. The molecule has 4 unspecified atom stereocenters. The minimum atomic E-state index is -0.966. The molecule has 57 heavy (non-hydrogen) atoms. The molecule has 4 atom stereocenters. The van der Waals surface area contributed by atoms with Gasteiger partial charge in [-0.05, 0) is 85.7 Å². The number of thiazole rings is 1. The SMILES string of the molecule is Cc1ncsc1-c1ccc(C(C)NC(=O)C2CC(O)CN2C(=O)C(NC(=O)CCCCC(=O)Nc2ccc(C(=O)Nc3ccc(F)cc3N)cc2)C(C)(C)C)cc1. The van der Waals surface area contributed by atoms with Gasteiger partial charge in [0.15, 0.2) is 0 Å². The van der Waals surface area contributed by atoms with Gasteiger partial charge in [0.25, 0.3) is 5.91 Å². The number of unbranched alkanes of at least 4 members (excludes halogenated alkanes) is 1. The molecule has 1 aromatic heterocycles. The van der Waals surface area contributed by atoms with Gasteiger partial charge in [0, 0.05) is 37.1 Å². The molecule has 302 valence electrons. The van der Waals surface area contributed by atoms with Gasteiger partial charge in [-0.3, -0.25) is 24.0 Å². The summed E-state index contributed by atoms with van der Waals surface area (Å²) in [5, 5.41) is 21.8. The average Bonchev–Trinajstić information content (AvgIpc) is 3.78. The Morgan fingerprint density at radius 2 is 1.61 bits per heavy atom. The van der Waals surface area contributed by atoms with E-state index in [1.165, 1.54) is 29.2 Å². The van der Waals surface area contributed by atoms with Crippen molar-refractivity contribution in [3.05, 3.63) is 94.9 Å². The summed E-state index contributed by atoms with van der Waals surface area (Å²) < 4.78 is 13.3. The number of nitrogens with one attached hydrogen (secondary N) is 4. The van der Waals surface area contributed by atoms with Crippen LogP contribution in [0, 0.1) is 18.2 Å². The van der Waals surface area contributed by atoms with Crippen molar-refractivity contribution in [2.75, 3.05) is 22.9 Å². The number of benzene rings is 3. The minimum absolute atomic E-state index is 0.0349. The molecule has 4 aromatic rings. The Morgan fingerprint density at radius 3 is 2.23 bits per heavy atom. The molecular formula is C42H50FN7O6S. The molecule has 0 saturated carbocycles. The van der Waals surface area contributed by atoms with Gasteiger partial charge in [-0.25, -0.2) is 9.37 Å². The third-order valence-electron chi connectivity index (χ3n) is 9.81. The highest BCUT2D eigenvalue weighted by Gasteiger charge is 2.44. The molecule has 0 aliphatic carbocycles. The summed E-state index contributed by atoms with van der Waals surface area (Å²) in [5.74, 6) is -2.45. The second kappa shape index (κ2) is 18.5. The van der Waals surface area contributed by atoms with Crippen molar-refractivity contribution in [3.63, 3.8) is 0 Å². The predicted octanol–water partition coefficient (Wildman–Crippen LogP) is 5.96. The molecule has 1 aliphatic rings. The second-order valence-electron chi connectivity index (χ2n) is 15.4. The van der Waals surface area contributed by atoms with Crippen LogP contribution in [0.15, 0.2) is 72.2 Å². The topological polar surface area (TPSA) is 196 Å². The van der Waals surface area contributed by atoms with E-state index in [2.05, 4.69) is 26.3 Å². The minimum Gasteiger partial charge on any atom is -0.397 e. The highest BCUT2D eigenvalue weighted by Crippen LogP contribution is 2.30. The lowest BCUT2D eigenvalue weighted by Crippen LogP contribution is -2.57. The van der Waals surface area contributed by atoms with E-state index < -0.39 is 41.2 Å². The summed E-state index contributed by atoms with van der Waals surface area (Å²) >= 11 is 1.56. The van der Waals surface area contributed by atoms with Crippen LogP contribution in [-0.2, 0) is 19.2 Å². The largest absolute Gasteiger partial charge is 0.397 e. The molecule has 3 aromatic carbocycles. The summed E-state index contributed by atoms with van der Waals surface area (Å²) in [6.45, 7) is 9.25. The standard InChI is InChI=1S/C42H50FN7O6S/c1-24(26-10-12-27(13-11-26)37-25(2)45-23-57-37)46-40(55)34-21-31(51)22-50(34)41(56)38(42(3,4)5)49-36(53)9-7-6-8-35(52)47-30-17-14-28(15-18-30)39(54)48-33-19-16-29(43)20-32(33)44/h10-20,23-24,31,34,38,51H,6-9,21-22,44H2,1-5H3,(H,46,55)(H,47,52)(H,48,54)(H,49,53). The first-order valence-corrected chi connectivity index (χ1v) is 19.7. The quantitative estimate of drug-likeness (QED) is 0.0664. The summed E-state index contributed by atoms with van der Waals surface area (Å²) in [4.78, 5) is 72.7. The molecule has 0 radical (unpaired) electrons. The number of hydrogen-bond acceptors (Lipinski definition) is 9. The molecular weight excluding hydrogens is 750 g/mol. The number of β-amino-alcohol motifs (C(OH)–C–C–N with tert-alkyl or cyclic N) is 1. The average molecular weight is 800 g/mol. The summed E-state index contributed by atoms with van der Waals surface area (Å²) in [7, 11) is 0. The highest BCUT2D eigenvalue weighted by atomic mass is 32.1. The van der Waals surface area contributed by atoms with Crippen LogP contribution >= 0.6 is 11.3 Å². The Morgan fingerprint density at radius 1 is 0.947 bits per heavy atom. The number of aliphatic hydroxyl groups excluding tert-OH is 1. The van der Waals surface area contributed by atoms with E-state index in [1.54, 1.807) is 29.0 Å². The normalized spacial score (nSPS) is 16.4. The Hall–Kier alpha value is -5.67. The molecule has 0 spiro atoms. The van der Waals surface area contributed by atoms with E-state index in [-0.39, 0.29) is 60.9 Å². The number of nitrogen functional groups attached to an aromatic ring is 1. The number of carbonyl (C=O) groups is 5. The van der Waals surface area contributed by atoms with Crippen LogP contribution in [0.5, 0.6) is 0 Å². The van der Waals surface area contributed by atoms with Crippen LogP contribution in [0.25, 0.3) is 10.4 Å². The number of anilines is 3. The number of aryl methyl sites for hydroxylation is 1. The Kier molecular flexibility index (Phi) is 13.8. The molecule has 7 N–H and O–H groups in total. The fourth-order valence-electron chi connectivity index (χ4n) is 6.59. The van der Waals surface area contributed by atoms with Gasteiger partial charge in [0.1, 0.15) is 17.9 Å². The van der Waals surface area contributed by atoms with Crippen molar-refractivity contribution in [1.29, 1.82) is 0 Å². The lowest BCUT2D eigenvalue weighted by molar-refractivity contribution is -0.144. The van der Waals surface area contributed by atoms with E-state index in [0.717, 1.165) is 27.8 Å². The number of nitrogens with two attached hydrogens (primary N) is 1. The summed E-state index contributed by atoms with van der Waals surface area (Å²) in [6, 6.07) is 15.5. The van der Waals surface area contributed by atoms with Crippen LogP contribution < -0.4 is 27.0 Å². The Bertz CT molecular complexity index is 2080. The number of rotatable bonds is 14. The first-order valence-electron chi connectivity index (χ1n) is 18.8. The maximum absolute atomic E-state index is 14.0. The zero-order valence-electron chi connectivity index (χ0n) is 32.7. The van der Waals surface area contributed by atoms with Crippen molar-refractivity contribution < 1.29 is 33.5 Å². The predicted molar refractivity (Wildman–Crippen MR) is 219 cm³/mol. The molecule has 5 rings (SSSR count). The van der Waals surface area contributed by atoms with Gasteiger partial charge in [-0.1, -0.05) is 45.0 Å². The fraction of sp³-hybridized carbons (Fsp3) is 0.381. The van der Waals surface area contributed by atoms with E-state index in [1.807, 2.05) is 58.9 Å². The van der Waals surface area contributed by atoms with Crippen molar-refractivity contribution in [2.24, 2.45) is 5.41 Å². The zero-order valence-corrected chi connectivity index (χ0v) is 33.5. The van der Waals surface area contributed by atoms with E-state index >= 15 is 0 Å². The number of likely N-dealkylation sites (tertiary alicyclic amines) is 1. The number of hydrogen-bond donors (Lipinski definition) is 6. The molecule has 1 saturated heterocycles. The number of aromatic nitrogens is 1. The Labute approximate surface area is 335 Å². The lowest BCUT2D eigenvalue weighted by Gasteiger charge is -2.35. The van der Waals surface area contributed by atoms with Gasteiger partial charge >= 0.3 is 0 Å². The van der Waals surface area contributed by atoms with Gasteiger partial charge in [-0.2, -0.15) is 0 Å². The van der Waals surface area contributed by atoms with Gasteiger partial charge in [-0.15, -0.1) is 11.3 Å². The number of nitrogens with zero attached hydrogens (tertiary/aromatic N) is 2. The van der Waals surface area contributed by atoms with Gasteiger partial charge < -0.3 is 37.0 Å². The maximum atomic E-state index is 14.0. The van der Waals surface area contributed by atoms with Gasteiger partial charge in [0.05, 0.1) is 39.6 Å². The molecule has 15 heteroatoms. The van der Waals surface area contributed by atoms with Crippen LogP contribution in [-0.4, -0.2) is 69.3 Å². The van der Waals surface area contributed by atoms with Gasteiger partial charge in [0.2, 0.25) is 23.6 Å². The van der Waals surface area contributed by atoms with E-state index in [9.17, 15) is 33.5 Å². The smallest absolute Gasteiger partial charge is 0.255 e. The van der Waals surface area contributed by atoms with Crippen molar-refractivity contribution >= 4 is 57.9 Å². The Balaban J connectivity index is 1.08. The van der Waals surface area contributed by atoms with Crippen LogP contribution in [0.3, 0.4) is 0 Å².